The van der Waals surface area contributed by atoms with Gasteiger partial charge in [0, 0.05) is 26.2 Å². The van der Waals surface area contributed by atoms with Crippen molar-refractivity contribution < 1.29 is 13.2 Å². The van der Waals surface area contributed by atoms with Gasteiger partial charge in [-0.1, -0.05) is 54.1 Å². The summed E-state index contributed by atoms with van der Waals surface area (Å²) >= 11 is 0. The number of carbonyl (C=O) groups excluding carboxylic acids is 1. The number of carbonyl (C=O) groups is 1. The largest absolute Gasteiger partial charge is 0.337 e. The van der Waals surface area contributed by atoms with Gasteiger partial charge in [-0.3, -0.25) is 9.10 Å². The molecule has 0 spiro atoms. The summed E-state index contributed by atoms with van der Waals surface area (Å²) in [6.45, 7) is 4.32. The Morgan fingerprint density at radius 1 is 0.867 bits per heavy atom. The summed E-state index contributed by atoms with van der Waals surface area (Å²) in [5.41, 5.74) is 3.90. The molecule has 30 heavy (non-hydrogen) atoms. The first kappa shape index (κ1) is 21.6. The monoisotopic (exact) mass is 422 g/mol. The van der Waals surface area contributed by atoms with Gasteiger partial charge >= 0.3 is 0 Å². The van der Waals surface area contributed by atoms with Gasteiger partial charge in [-0.25, -0.2) is 8.42 Å². The van der Waals surface area contributed by atoms with E-state index < -0.39 is 10.0 Å². The van der Waals surface area contributed by atoms with E-state index in [4.69, 9.17) is 0 Å². The molecule has 0 unspecified atom stereocenters. The molecule has 6 heteroatoms. The average molecular weight is 423 g/mol. The first-order chi connectivity index (χ1) is 14.2. The Morgan fingerprint density at radius 2 is 1.50 bits per heavy atom. The lowest BCUT2D eigenvalue weighted by molar-refractivity contribution is 0.0785. The van der Waals surface area contributed by atoms with Crippen LogP contribution in [-0.2, 0) is 16.6 Å². The predicted octanol–water partition coefficient (Wildman–Crippen LogP) is 4.40. The maximum absolute atomic E-state index is 13.0. The Hall–Kier alpha value is -3.12. The number of amides is 1. The molecule has 0 aromatic heterocycles. The van der Waals surface area contributed by atoms with E-state index in [9.17, 15) is 13.2 Å². The van der Waals surface area contributed by atoms with E-state index in [1.54, 1.807) is 60.5 Å². The van der Waals surface area contributed by atoms with Crippen molar-refractivity contribution in [2.75, 3.05) is 18.4 Å². The average Bonchev–Trinajstić information content (AvgIpc) is 2.75. The number of anilines is 1. The van der Waals surface area contributed by atoms with Crippen LogP contribution in [0.5, 0.6) is 0 Å². The zero-order valence-electron chi connectivity index (χ0n) is 17.7. The molecule has 1 amide bonds. The Morgan fingerprint density at radius 3 is 2.13 bits per heavy atom. The van der Waals surface area contributed by atoms with Crippen LogP contribution in [0.1, 0.15) is 27.0 Å². The number of hydrogen-bond acceptors (Lipinski definition) is 3. The second kappa shape index (κ2) is 8.71. The summed E-state index contributed by atoms with van der Waals surface area (Å²) < 4.78 is 27.2. The number of hydrogen-bond donors (Lipinski definition) is 0. The Balaban J connectivity index is 1.87. The third-order valence-electron chi connectivity index (χ3n) is 5.08. The minimum atomic E-state index is -3.72. The van der Waals surface area contributed by atoms with E-state index in [1.165, 1.54) is 16.9 Å². The van der Waals surface area contributed by atoms with E-state index in [0.29, 0.717) is 17.8 Å². The molecule has 3 rings (SSSR count). The lowest BCUT2D eigenvalue weighted by Crippen LogP contribution is -2.29. The van der Waals surface area contributed by atoms with Crippen molar-refractivity contribution in [1.29, 1.82) is 0 Å². The topological polar surface area (TPSA) is 57.7 Å². The number of rotatable bonds is 6. The van der Waals surface area contributed by atoms with Gasteiger partial charge in [-0.15, -0.1) is 0 Å². The van der Waals surface area contributed by atoms with Crippen LogP contribution in [0.15, 0.2) is 77.7 Å². The number of benzene rings is 3. The summed E-state index contributed by atoms with van der Waals surface area (Å²) in [6.07, 6.45) is 0. The molecule has 3 aromatic rings. The Labute approximate surface area is 178 Å². The fraction of sp³-hybridized carbons (Fsp3) is 0.208. The highest BCUT2D eigenvalue weighted by molar-refractivity contribution is 7.92. The fourth-order valence-electron chi connectivity index (χ4n) is 3.22. The second-order valence-electron chi connectivity index (χ2n) is 7.43. The van der Waals surface area contributed by atoms with E-state index in [0.717, 1.165) is 11.1 Å². The molecule has 0 aliphatic heterocycles. The van der Waals surface area contributed by atoms with Gasteiger partial charge in [0.1, 0.15) is 0 Å². The molecule has 0 radical (unpaired) electrons. The van der Waals surface area contributed by atoms with Gasteiger partial charge in [-0.2, -0.15) is 0 Å². The molecule has 0 atom stereocenters. The quantitative estimate of drug-likeness (QED) is 0.592. The molecule has 156 valence electrons. The smallest absolute Gasteiger partial charge is 0.264 e. The van der Waals surface area contributed by atoms with Gasteiger partial charge in [-0.05, 0) is 49.2 Å². The SMILES string of the molecule is Cc1ccc(CN(C)C(=O)c2ccc(C)c(N(C)S(=O)(=O)c3ccccc3)c2)cc1. The summed E-state index contributed by atoms with van der Waals surface area (Å²) in [7, 11) is -0.470. The maximum atomic E-state index is 13.0. The van der Waals surface area contributed by atoms with Gasteiger partial charge in [0.05, 0.1) is 10.6 Å². The minimum Gasteiger partial charge on any atom is -0.337 e. The molecule has 0 N–H and O–H groups in total. The van der Waals surface area contributed by atoms with Crippen LogP contribution in [-0.4, -0.2) is 33.3 Å². The third kappa shape index (κ3) is 4.54. The van der Waals surface area contributed by atoms with Crippen molar-refractivity contribution in [1.82, 2.24) is 4.90 Å². The number of nitrogens with zero attached hydrogens (tertiary/aromatic N) is 2. The van der Waals surface area contributed by atoms with Crippen LogP contribution in [0.3, 0.4) is 0 Å². The summed E-state index contributed by atoms with van der Waals surface area (Å²) in [6, 6.07) is 21.5. The minimum absolute atomic E-state index is 0.165. The fourth-order valence-corrected chi connectivity index (χ4v) is 4.49. The molecular formula is C24H26N2O3S. The lowest BCUT2D eigenvalue weighted by atomic mass is 10.1. The first-order valence-corrected chi connectivity index (χ1v) is 11.1. The predicted molar refractivity (Wildman–Crippen MR) is 120 cm³/mol. The van der Waals surface area contributed by atoms with Crippen molar-refractivity contribution in [2.24, 2.45) is 0 Å². The third-order valence-corrected chi connectivity index (χ3v) is 6.87. The molecule has 3 aromatic carbocycles. The molecule has 0 aliphatic rings. The van der Waals surface area contributed by atoms with Crippen LogP contribution in [0.4, 0.5) is 5.69 Å². The van der Waals surface area contributed by atoms with Gasteiger partial charge < -0.3 is 4.90 Å². The standard InChI is InChI=1S/C24H26N2O3S/c1-18-10-13-20(14-11-18)17-25(3)24(27)21-15-12-19(2)23(16-21)26(4)30(28,29)22-8-6-5-7-9-22/h5-16H,17H2,1-4H3. The number of sulfonamides is 1. The summed E-state index contributed by atoms with van der Waals surface area (Å²) in [4.78, 5) is 14.8. The first-order valence-electron chi connectivity index (χ1n) is 9.66. The van der Waals surface area contributed by atoms with Crippen LogP contribution in [0.2, 0.25) is 0 Å². The Kier molecular flexibility index (Phi) is 6.27. The molecule has 0 fully saturated rings. The highest BCUT2D eigenvalue weighted by atomic mass is 32.2. The lowest BCUT2D eigenvalue weighted by Gasteiger charge is -2.23. The zero-order chi connectivity index (χ0) is 21.9. The van der Waals surface area contributed by atoms with E-state index in [-0.39, 0.29) is 10.8 Å². The van der Waals surface area contributed by atoms with Crippen LogP contribution in [0.25, 0.3) is 0 Å². The van der Waals surface area contributed by atoms with E-state index >= 15 is 0 Å². The zero-order valence-corrected chi connectivity index (χ0v) is 18.5. The molecule has 0 bridgehead atoms. The normalized spacial score (nSPS) is 11.2. The highest BCUT2D eigenvalue weighted by Crippen LogP contribution is 2.27. The van der Waals surface area contributed by atoms with Crippen LogP contribution in [0, 0.1) is 13.8 Å². The molecule has 0 aliphatic carbocycles. The maximum Gasteiger partial charge on any atom is 0.264 e. The summed E-state index contributed by atoms with van der Waals surface area (Å²) in [5, 5.41) is 0. The second-order valence-corrected chi connectivity index (χ2v) is 9.40. The number of aryl methyl sites for hydroxylation is 2. The van der Waals surface area contributed by atoms with Crippen LogP contribution >= 0.6 is 0 Å². The van der Waals surface area contributed by atoms with Crippen molar-refractivity contribution in [3.05, 3.63) is 95.1 Å². The van der Waals surface area contributed by atoms with E-state index in [1.807, 2.05) is 38.1 Å². The Bertz CT molecular complexity index is 1140. The van der Waals surface area contributed by atoms with Crippen molar-refractivity contribution in [2.45, 2.75) is 25.3 Å². The van der Waals surface area contributed by atoms with Gasteiger partial charge in [0.15, 0.2) is 0 Å². The van der Waals surface area contributed by atoms with Crippen LogP contribution < -0.4 is 4.31 Å². The van der Waals surface area contributed by atoms with Crippen molar-refractivity contribution in [3.63, 3.8) is 0 Å². The molecule has 5 nitrogen and oxygen atoms in total. The molecular weight excluding hydrogens is 396 g/mol. The van der Waals surface area contributed by atoms with E-state index in [2.05, 4.69) is 0 Å². The van der Waals surface area contributed by atoms with Gasteiger partial charge in [0.2, 0.25) is 0 Å². The van der Waals surface area contributed by atoms with Crippen molar-refractivity contribution >= 4 is 21.6 Å². The molecule has 0 saturated carbocycles. The van der Waals surface area contributed by atoms with Crippen molar-refractivity contribution in [3.8, 4) is 0 Å². The van der Waals surface area contributed by atoms with Gasteiger partial charge in [0.25, 0.3) is 15.9 Å². The highest BCUT2D eigenvalue weighted by Gasteiger charge is 2.23. The summed E-state index contributed by atoms with van der Waals surface area (Å²) in [5.74, 6) is -0.165. The molecule has 0 heterocycles. The molecule has 0 saturated heterocycles.